The largest absolute Gasteiger partial charge is 0.493 e. The summed E-state index contributed by atoms with van der Waals surface area (Å²) in [6, 6.07) is 14.2. The first kappa shape index (κ1) is 19.9. The van der Waals surface area contributed by atoms with Crippen molar-refractivity contribution in [1.82, 2.24) is 10.9 Å². The first-order valence-electron chi connectivity index (χ1n) is 9.09. The van der Waals surface area contributed by atoms with Crippen molar-refractivity contribution in [3.8, 4) is 11.5 Å². The summed E-state index contributed by atoms with van der Waals surface area (Å²) in [5.74, 6) is -0.199. The van der Waals surface area contributed by atoms with E-state index in [4.69, 9.17) is 9.47 Å². The molecule has 3 rings (SSSR count). The zero-order valence-electron chi connectivity index (χ0n) is 15.9. The van der Waals surface area contributed by atoms with Crippen molar-refractivity contribution >= 4 is 29.5 Å². The van der Waals surface area contributed by atoms with Gasteiger partial charge < -0.3 is 9.47 Å². The van der Waals surface area contributed by atoms with Gasteiger partial charge in [0.05, 0.1) is 12.3 Å². The second-order valence-electron chi connectivity index (χ2n) is 6.08. The fourth-order valence-corrected chi connectivity index (χ4v) is 2.75. The predicted molar refractivity (Wildman–Crippen MR) is 107 cm³/mol. The molecule has 1 aliphatic rings. The molecule has 1 aliphatic heterocycles. The Labute approximate surface area is 168 Å². The van der Waals surface area contributed by atoms with Crippen LogP contribution in [0.25, 0.3) is 6.08 Å². The van der Waals surface area contributed by atoms with Crippen molar-refractivity contribution in [1.29, 1.82) is 0 Å². The molecule has 0 unspecified atom stereocenters. The Bertz CT molecular complexity index is 941. The van der Waals surface area contributed by atoms with Crippen LogP contribution in [0.4, 0.5) is 5.69 Å². The number of nitrogens with zero attached hydrogens (tertiary/aromatic N) is 1. The average Bonchev–Trinajstić information content (AvgIpc) is 2.74. The number of fused-ring (bicyclic) bond motifs is 1. The highest BCUT2D eigenvalue weighted by Gasteiger charge is 2.26. The lowest BCUT2D eigenvalue weighted by Gasteiger charge is -2.28. The third-order valence-electron chi connectivity index (χ3n) is 4.07. The van der Waals surface area contributed by atoms with Gasteiger partial charge in [-0.1, -0.05) is 30.3 Å². The van der Waals surface area contributed by atoms with Crippen LogP contribution in [0.5, 0.6) is 11.5 Å². The van der Waals surface area contributed by atoms with E-state index in [-0.39, 0.29) is 19.1 Å². The lowest BCUT2D eigenvalue weighted by molar-refractivity contribution is -0.127. The topological polar surface area (TPSA) is 97.0 Å². The zero-order chi connectivity index (χ0) is 20.6. The number of ether oxygens (including phenoxy) is 2. The van der Waals surface area contributed by atoms with Crippen LogP contribution < -0.4 is 25.2 Å². The van der Waals surface area contributed by atoms with Gasteiger partial charge in [-0.05, 0) is 31.2 Å². The van der Waals surface area contributed by atoms with Crippen molar-refractivity contribution in [3.05, 3.63) is 60.2 Å². The first-order chi connectivity index (χ1) is 14.1. The first-order valence-corrected chi connectivity index (χ1v) is 9.09. The van der Waals surface area contributed by atoms with E-state index in [0.717, 1.165) is 5.56 Å². The molecule has 2 aromatic rings. The summed E-state index contributed by atoms with van der Waals surface area (Å²) in [4.78, 5) is 37.6. The van der Waals surface area contributed by atoms with E-state index < -0.39 is 11.8 Å². The van der Waals surface area contributed by atoms with Crippen molar-refractivity contribution < 1.29 is 23.9 Å². The molecule has 0 saturated heterocycles. The quantitative estimate of drug-likeness (QED) is 0.573. The number of hydrazine groups is 1. The monoisotopic (exact) mass is 395 g/mol. The van der Waals surface area contributed by atoms with E-state index in [9.17, 15) is 14.4 Å². The molecule has 8 nitrogen and oxygen atoms in total. The zero-order valence-corrected chi connectivity index (χ0v) is 15.9. The number of rotatable bonds is 6. The Hall–Kier alpha value is -3.81. The van der Waals surface area contributed by atoms with Crippen molar-refractivity contribution in [3.63, 3.8) is 0 Å². The van der Waals surface area contributed by atoms with Crippen LogP contribution in [0.15, 0.2) is 54.6 Å². The van der Waals surface area contributed by atoms with Gasteiger partial charge in [-0.25, -0.2) is 0 Å². The number of anilines is 1. The van der Waals surface area contributed by atoms with Gasteiger partial charge in [0.2, 0.25) is 0 Å². The Kier molecular flexibility index (Phi) is 6.47. The van der Waals surface area contributed by atoms with Crippen LogP contribution in [-0.4, -0.2) is 37.5 Å². The van der Waals surface area contributed by atoms with Crippen LogP contribution in [0.3, 0.4) is 0 Å². The molecule has 3 amide bonds. The van der Waals surface area contributed by atoms with Gasteiger partial charge >= 0.3 is 0 Å². The highest BCUT2D eigenvalue weighted by atomic mass is 16.5. The molecule has 150 valence electrons. The number of hydrogen-bond donors (Lipinski definition) is 2. The second-order valence-corrected chi connectivity index (χ2v) is 6.08. The Morgan fingerprint density at radius 2 is 1.90 bits per heavy atom. The Balaban J connectivity index is 1.55. The minimum absolute atomic E-state index is 0.140. The van der Waals surface area contributed by atoms with E-state index in [2.05, 4.69) is 10.9 Å². The minimum atomic E-state index is -0.536. The predicted octanol–water partition coefficient (Wildman–Crippen LogP) is 1.67. The van der Waals surface area contributed by atoms with E-state index in [0.29, 0.717) is 23.8 Å². The normalized spacial score (nSPS) is 12.9. The summed E-state index contributed by atoms with van der Waals surface area (Å²) >= 11 is 0. The summed E-state index contributed by atoms with van der Waals surface area (Å²) in [6.07, 6.45) is 2.88. The number of carbonyl (C=O) groups is 3. The van der Waals surface area contributed by atoms with Crippen LogP contribution in [0.2, 0.25) is 0 Å². The number of para-hydroxylation sites is 3. The van der Waals surface area contributed by atoms with Crippen molar-refractivity contribution in [2.75, 3.05) is 24.7 Å². The molecule has 2 aromatic carbocycles. The number of hydrogen-bond acceptors (Lipinski definition) is 5. The fraction of sp³-hybridized carbons (Fsp3) is 0.190. The summed E-state index contributed by atoms with van der Waals surface area (Å²) in [5.41, 5.74) is 5.85. The van der Waals surface area contributed by atoms with Gasteiger partial charge in [0.25, 0.3) is 17.7 Å². The summed E-state index contributed by atoms with van der Waals surface area (Å²) in [6.45, 7) is 2.01. The van der Waals surface area contributed by atoms with Crippen molar-refractivity contribution in [2.24, 2.45) is 0 Å². The van der Waals surface area contributed by atoms with Crippen LogP contribution in [0, 0.1) is 0 Å². The van der Waals surface area contributed by atoms with Gasteiger partial charge in [-0.15, -0.1) is 0 Å². The van der Waals surface area contributed by atoms with Crippen LogP contribution >= 0.6 is 0 Å². The average molecular weight is 395 g/mol. The summed E-state index contributed by atoms with van der Waals surface area (Å²) in [7, 11) is 0. The molecule has 1 heterocycles. The molecule has 0 fully saturated rings. The minimum Gasteiger partial charge on any atom is -0.493 e. The molecule has 0 aliphatic carbocycles. The van der Waals surface area contributed by atoms with Crippen molar-refractivity contribution in [2.45, 2.75) is 6.92 Å². The number of benzene rings is 2. The van der Waals surface area contributed by atoms with Gasteiger partial charge in [-0.3, -0.25) is 30.1 Å². The smallest absolute Gasteiger partial charge is 0.265 e. The fourth-order valence-electron chi connectivity index (χ4n) is 2.75. The van der Waals surface area contributed by atoms with Gasteiger partial charge in [0.1, 0.15) is 18.0 Å². The molecule has 29 heavy (non-hydrogen) atoms. The summed E-state index contributed by atoms with van der Waals surface area (Å²) in [5, 5.41) is 0. The van der Waals surface area contributed by atoms with E-state index in [1.807, 2.05) is 25.1 Å². The second kappa shape index (κ2) is 9.41. The SMILES string of the molecule is CCOc1ccccc1/C=C/C(=O)NNC(=O)CN1C(=O)COc2ccccc21. The maximum atomic E-state index is 12.2. The Morgan fingerprint density at radius 3 is 2.72 bits per heavy atom. The number of nitrogens with one attached hydrogen (secondary N) is 2. The lowest BCUT2D eigenvalue weighted by atomic mass is 10.2. The molecule has 0 aromatic heterocycles. The molecule has 2 N–H and O–H groups in total. The molecular formula is C21H21N3O5. The molecule has 0 saturated carbocycles. The molecule has 0 radical (unpaired) electrons. The van der Waals surface area contributed by atoms with Crippen LogP contribution in [-0.2, 0) is 14.4 Å². The molecule has 0 spiro atoms. The standard InChI is InChI=1S/C21H21N3O5/c1-2-28-17-9-5-3-7-15(17)11-12-19(25)22-23-20(26)13-24-16-8-4-6-10-18(16)29-14-21(24)27/h3-12H,2,13-14H2,1H3,(H,22,25)(H,23,26)/b12-11+. The number of amides is 3. The maximum absolute atomic E-state index is 12.2. The summed E-state index contributed by atoms with van der Waals surface area (Å²) < 4.78 is 10.8. The van der Waals surface area contributed by atoms with Gasteiger partial charge in [0.15, 0.2) is 6.61 Å². The van der Waals surface area contributed by atoms with E-state index >= 15 is 0 Å². The van der Waals surface area contributed by atoms with E-state index in [1.165, 1.54) is 11.0 Å². The maximum Gasteiger partial charge on any atom is 0.265 e. The highest BCUT2D eigenvalue weighted by molar-refractivity contribution is 6.02. The van der Waals surface area contributed by atoms with Crippen LogP contribution in [0.1, 0.15) is 12.5 Å². The molecule has 0 atom stereocenters. The molecular weight excluding hydrogens is 374 g/mol. The third-order valence-corrected chi connectivity index (χ3v) is 4.07. The van der Waals surface area contributed by atoms with Gasteiger partial charge in [0, 0.05) is 11.6 Å². The number of carbonyl (C=O) groups excluding carboxylic acids is 3. The van der Waals surface area contributed by atoms with Gasteiger partial charge in [-0.2, -0.15) is 0 Å². The third kappa shape index (κ3) is 5.13. The lowest BCUT2D eigenvalue weighted by Crippen LogP contribution is -2.49. The molecule has 0 bridgehead atoms. The highest BCUT2D eigenvalue weighted by Crippen LogP contribution is 2.31. The Morgan fingerprint density at radius 1 is 1.14 bits per heavy atom. The van der Waals surface area contributed by atoms with E-state index in [1.54, 1.807) is 36.4 Å². The molecule has 8 heteroatoms.